The van der Waals surface area contributed by atoms with Crippen molar-refractivity contribution in [2.24, 2.45) is 0 Å². The highest BCUT2D eigenvalue weighted by atomic mass is 16.7. The summed E-state index contributed by atoms with van der Waals surface area (Å²) in [4.78, 5) is 25.1. The number of esters is 1. The Morgan fingerprint density at radius 2 is 0.714 bits per heavy atom. The predicted molar refractivity (Wildman–Crippen MR) is 384 cm³/mol. The summed E-state index contributed by atoms with van der Waals surface area (Å²) in [6.45, 7) is 4.32. The zero-order valence-electron chi connectivity index (χ0n) is 59.8. The minimum absolute atomic E-state index is 0.0194. The molecule has 0 saturated carbocycles. The van der Waals surface area contributed by atoms with Crippen LogP contribution in [0.15, 0.2) is 36.5 Å². The molecule has 1 aliphatic heterocycles. The third-order valence-corrected chi connectivity index (χ3v) is 19.0. The van der Waals surface area contributed by atoms with Crippen LogP contribution in [0.1, 0.15) is 399 Å². The minimum atomic E-state index is -1.58. The maximum Gasteiger partial charge on any atom is 0.305 e. The van der Waals surface area contributed by atoms with Crippen molar-refractivity contribution >= 4 is 11.9 Å². The summed E-state index contributed by atoms with van der Waals surface area (Å²) in [5.41, 5.74) is 0. The number of carbonyl (C=O) groups is 2. The normalized spacial score (nSPS) is 17.7. The molecule has 536 valence electrons. The largest absolute Gasteiger partial charge is 0.466 e. The van der Waals surface area contributed by atoms with Crippen LogP contribution >= 0.6 is 0 Å². The van der Waals surface area contributed by atoms with Crippen LogP contribution < -0.4 is 5.32 Å². The molecule has 1 heterocycles. The second-order valence-electron chi connectivity index (χ2n) is 27.8. The Kier molecular flexibility index (Phi) is 66.1. The van der Waals surface area contributed by atoms with Crippen LogP contribution in [-0.2, 0) is 23.8 Å². The van der Waals surface area contributed by atoms with Crippen molar-refractivity contribution < 1.29 is 49.3 Å². The average molecular weight is 1290 g/mol. The van der Waals surface area contributed by atoms with Gasteiger partial charge in [0, 0.05) is 12.8 Å². The standard InChI is InChI=1S/C80H151NO10/c1-3-5-7-9-11-13-15-46-50-54-58-62-66-73(83)72(71-90-80-79(88)78(87)77(86)74(70-82)91-80)81-75(84)67-63-59-55-51-47-44-42-40-38-36-34-32-30-28-26-24-22-20-18-17-19-21-23-25-27-29-31-33-35-37-39-41-43-45-49-53-57-61-65-69-89-76(85)68-64-60-56-52-48-16-14-12-10-8-6-4-2/h9,11,46,50,62,66,72-74,77-80,82-83,86-88H,3-8,10,12-45,47-49,51-61,63-65,67-71H2,1-2H3,(H,81,84)/b11-9+,50-46+,66-62+. The van der Waals surface area contributed by atoms with Gasteiger partial charge in [0.1, 0.15) is 24.4 Å². The lowest BCUT2D eigenvalue weighted by atomic mass is 9.99. The fraction of sp³-hybridized carbons (Fsp3) is 0.900. The maximum atomic E-state index is 13.1. The number of hydrogen-bond acceptors (Lipinski definition) is 10. The topological polar surface area (TPSA) is 175 Å². The van der Waals surface area contributed by atoms with Gasteiger partial charge in [0.25, 0.3) is 0 Å². The van der Waals surface area contributed by atoms with Gasteiger partial charge in [-0.3, -0.25) is 9.59 Å². The second-order valence-corrected chi connectivity index (χ2v) is 27.8. The van der Waals surface area contributed by atoms with E-state index in [1.165, 1.54) is 308 Å². The van der Waals surface area contributed by atoms with Gasteiger partial charge in [0.2, 0.25) is 5.91 Å². The highest BCUT2D eigenvalue weighted by Gasteiger charge is 2.44. The van der Waals surface area contributed by atoms with Gasteiger partial charge < -0.3 is 45.1 Å². The number of unbranched alkanes of at least 4 members (excludes halogenated alkanes) is 53. The molecular formula is C80H151NO10. The van der Waals surface area contributed by atoms with Crippen LogP contribution in [0.3, 0.4) is 0 Å². The van der Waals surface area contributed by atoms with Crippen LogP contribution in [0.25, 0.3) is 0 Å². The second kappa shape index (κ2) is 69.2. The van der Waals surface area contributed by atoms with Gasteiger partial charge in [-0.05, 0) is 51.4 Å². The highest BCUT2D eigenvalue weighted by molar-refractivity contribution is 5.76. The Labute approximate surface area is 562 Å². The SMILES string of the molecule is CCCC/C=C/CC/C=C/CC/C=C/C(O)C(COC1OC(CO)C(O)C(O)C1O)NC(=O)CCCCCCCCCCCCCCCCCCCCCCCCCCCCCCCCCCCCCCCCCOC(=O)CCCCCCCCCCCCCC. The van der Waals surface area contributed by atoms with E-state index in [0.29, 0.717) is 19.4 Å². The first-order valence-electron chi connectivity index (χ1n) is 39.8. The van der Waals surface area contributed by atoms with Crippen molar-refractivity contribution in [2.45, 2.75) is 442 Å². The molecule has 1 rings (SSSR count). The predicted octanol–water partition coefficient (Wildman–Crippen LogP) is 21.3. The van der Waals surface area contributed by atoms with E-state index in [0.717, 1.165) is 64.2 Å². The lowest BCUT2D eigenvalue weighted by Crippen LogP contribution is -2.60. The van der Waals surface area contributed by atoms with Crippen LogP contribution in [0.4, 0.5) is 0 Å². The molecule has 6 N–H and O–H groups in total. The maximum absolute atomic E-state index is 13.1. The number of rotatable bonds is 71. The molecule has 0 aliphatic carbocycles. The molecule has 0 radical (unpaired) electrons. The monoisotopic (exact) mass is 1290 g/mol. The van der Waals surface area contributed by atoms with E-state index in [-0.39, 0.29) is 18.5 Å². The van der Waals surface area contributed by atoms with E-state index in [1.807, 2.05) is 6.08 Å². The van der Waals surface area contributed by atoms with Gasteiger partial charge in [-0.2, -0.15) is 0 Å². The molecule has 0 aromatic rings. The molecule has 0 aromatic heterocycles. The molecule has 1 amide bonds. The van der Waals surface area contributed by atoms with Crippen molar-refractivity contribution in [3.63, 3.8) is 0 Å². The van der Waals surface area contributed by atoms with Crippen molar-refractivity contribution in [3.8, 4) is 0 Å². The zero-order valence-corrected chi connectivity index (χ0v) is 59.8. The molecule has 91 heavy (non-hydrogen) atoms. The number of allylic oxidation sites excluding steroid dienone is 5. The van der Waals surface area contributed by atoms with Crippen molar-refractivity contribution in [1.82, 2.24) is 5.32 Å². The summed E-state index contributed by atoms with van der Waals surface area (Å²) in [6, 6.07) is -0.830. The van der Waals surface area contributed by atoms with E-state index in [9.17, 15) is 35.1 Å². The molecule has 11 heteroatoms. The number of nitrogens with one attached hydrogen (secondary N) is 1. The summed E-state index contributed by atoms with van der Waals surface area (Å²) >= 11 is 0. The van der Waals surface area contributed by atoms with Gasteiger partial charge >= 0.3 is 5.97 Å². The fourth-order valence-corrected chi connectivity index (χ4v) is 12.8. The third kappa shape index (κ3) is 57.8. The number of carbonyl (C=O) groups excluding carboxylic acids is 2. The molecule has 11 nitrogen and oxygen atoms in total. The Bertz CT molecular complexity index is 1610. The number of aliphatic hydroxyl groups excluding tert-OH is 5. The lowest BCUT2D eigenvalue weighted by Gasteiger charge is -2.40. The van der Waals surface area contributed by atoms with E-state index in [4.69, 9.17) is 14.2 Å². The molecule has 0 spiro atoms. The van der Waals surface area contributed by atoms with Gasteiger partial charge in [0.05, 0.1) is 32.0 Å². The number of aliphatic hydroxyl groups is 5. The molecule has 1 aliphatic rings. The Morgan fingerprint density at radius 3 is 1.08 bits per heavy atom. The minimum Gasteiger partial charge on any atom is -0.466 e. The van der Waals surface area contributed by atoms with E-state index < -0.39 is 49.5 Å². The number of amides is 1. The molecular weight excluding hydrogens is 1130 g/mol. The summed E-state index contributed by atoms with van der Waals surface area (Å²) in [7, 11) is 0. The summed E-state index contributed by atoms with van der Waals surface area (Å²) in [6.07, 6.45) is 80.5. The molecule has 7 unspecified atom stereocenters. The fourth-order valence-electron chi connectivity index (χ4n) is 12.8. The van der Waals surface area contributed by atoms with Crippen LogP contribution in [0.5, 0.6) is 0 Å². The quantitative estimate of drug-likeness (QED) is 0.0195. The van der Waals surface area contributed by atoms with Gasteiger partial charge in [-0.1, -0.05) is 371 Å². The van der Waals surface area contributed by atoms with Gasteiger partial charge in [-0.25, -0.2) is 0 Å². The molecule has 7 atom stereocenters. The van der Waals surface area contributed by atoms with Crippen LogP contribution in [-0.4, -0.2) is 100 Å². The Hall–Kier alpha value is -2.12. The van der Waals surface area contributed by atoms with E-state index >= 15 is 0 Å². The molecule has 0 aromatic carbocycles. The molecule has 0 bridgehead atoms. The summed E-state index contributed by atoms with van der Waals surface area (Å²) in [5, 5.41) is 54.5. The Morgan fingerprint density at radius 1 is 0.396 bits per heavy atom. The van der Waals surface area contributed by atoms with Gasteiger partial charge in [0.15, 0.2) is 6.29 Å². The van der Waals surface area contributed by atoms with Crippen molar-refractivity contribution in [3.05, 3.63) is 36.5 Å². The first-order chi connectivity index (χ1) is 44.7. The average Bonchev–Trinajstić information content (AvgIpc) is 1.37. The smallest absolute Gasteiger partial charge is 0.305 e. The summed E-state index contributed by atoms with van der Waals surface area (Å²) < 4.78 is 16.7. The van der Waals surface area contributed by atoms with E-state index in [1.54, 1.807) is 6.08 Å². The zero-order chi connectivity index (χ0) is 65.8. The van der Waals surface area contributed by atoms with Crippen LogP contribution in [0, 0.1) is 0 Å². The van der Waals surface area contributed by atoms with Gasteiger partial charge in [-0.15, -0.1) is 0 Å². The molecule has 1 saturated heterocycles. The Balaban J connectivity index is 1.87. The van der Waals surface area contributed by atoms with Crippen molar-refractivity contribution in [2.75, 3.05) is 19.8 Å². The summed E-state index contributed by atoms with van der Waals surface area (Å²) in [5.74, 6) is -0.170. The highest BCUT2D eigenvalue weighted by Crippen LogP contribution is 2.24. The van der Waals surface area contributed by atoms with Crippen molar-refractivity contribution in [1.29, 1.82) is 0 Å². The number of hydrogen-bond donors (Lipinski definition) is 6. The first kappa shape index (κ1) is 86.9. The third-order valence-electron chi connectivity index (χ3n) is 19.0. The first-order valence-corrected chi connectivity index (χ1v) is 39.8. The molecule has 1 fully saturated rings. The lowest BCUT2D eigenvalue weighted by molar-refractivity contribution is -0.302. The number of ether oxygens (including phenoxy) is 3. The van der Waals surface area contributed by atoms with E-state index in [2.05, 4.69) is 43.5 Å². The van der Waals surface area contributed by atoms with Crippen LogP contribution in [0.2, 0.25) is 0 Å².